The first-order valence-electron chi connectivity index (χ1n) is 11.9. The van der Waals surface area contributed by atoms with E-state index in [9.17, 15) is 13.2 Å². The highest BCUT2D eigenvalue weighted by atomic mass is 35.5. The van der Waals surface area contributed by atoms with Gasteiger partial charge < -0.3 is 0 Å². The Morgan fingerprint density at radius 3 is 2.08 bits per heavy atom. The van der Waals surface area contributed by atoms with E-state index >= 15 is 0 Å². The quantitative estimate of drug-likeness (QED) is 0.149. The van der Waals surface area contributed by atoms with Crippen LogP contribution in [0, 0.1) is 6.92 Å². The highest BCUT2D eigenvalue weighted by Gasteiger charge is 2.28. The average molecular weight is 542 g/mol. The molecule has 1 amide bonds. The van der Waals surface area contributed by atoms with Gasteiger partial charge in [-0.25, -0.2) is 13.8 Å². The Hall–Kier alpha value is -4.20. The molecule has 190 valence electrons. The van der Waals surface area contributed by atoms with Crippen molar-refractivity contribution in [1.82, 2.24) is 5.43 Å². The molecule has 6 nitrogen and oxygen atoms in total. The minimum atomic E-state index is -4.09. The van der Waals surface area contributed by atoms with Crippen molar-refractivity contribution in [3.8, 4) is 0 Å². The van der Waals surface area contributed by atoms with E-state index in [-0.39, 0.29) is 15.6 Å². The Bertz CT molecular complexity index is 1730. The first-order valence-corrected chi connectivity index (χ1v) is 13.7. The largest absolute Gasteiger partial charge is 0.271 e. The smallest absolute Gasteiger partial charge is 0.264 e. The van der Waals surface area contributed by atoms with E-state index in [0.29, 0.717) is 0 Å². The summed E-state index contributed by atoms with van der Waals surface area (Å²) in [5.74, 6) is -0.610. The summed E-state index contributed by atoms with van der Waals surface area (Å²) in [6.07, 6.45) is 1.59. The summed E-state index contributed by atoms with van der Waals surface area (Å²) in [6, 6.07) is 30.9. The molecule has 0 heterocycles. The molecule has 0 saturated carbocycles. The monoisotopic (exact) mass is 541 g/mol. The van der Waals surface area contributed by atoms with E-state index in [4.69, 9.17) is 11.6 Å². The number of hydrazone groups is 1. The SMILES string of the molecule is Cc1ccc(S(=O)(=O)N(CC(=O)NN=Cc2c3ccccc3cc3ccccc23)c2ccccc2Cl)cc1. The number of hydrogen-bond donors (Lipinski definition) is 1. The molecule has 5 aromatic rings. The second kappa shape index (κ2) is 10.7. The number of nitrogens with one attached hydrogen (secondary N) is 1. The number of nitrogens with zero attached hydrogens (tertiary/aromatic N) is 2. The van der Waals surface area contributed by atoms with Crippen LogP contribution in [0.15, 0.2) is 113 Å². The van der Waals surface area contributed by atoms with Crippen LogP contribution in [0.5, 0.6) is 0 Å². The summed E-state index contributed by atoms with van der Waals surface area (Å²) < 4.78 is 28.1. The van der Waals surface area contributed by atoms with Crippen molar-refractivity contribution >= 4 is 61.0 Å². The van der Waals surface area contributed by atoms with Crippen molar-refractivity contribution in [1.29, 1.82) is 0 Å². The number of benzene rings is 5. The van der Waals surface area contributed by atoms with E-state index in [0.717, 1.165) is 37.0 Å². The van der Waals surface area contributed by atoms with Crippen LogP contribution in [0.25, 0.3) is 21.5 Å². The predicted octanol–water partition coefficient (Wildman–Crippen LogP) is 6.30. The molecule has 0 aliphatic heterocycles. The molecule has 0 fully saturated rings. The Balaban J connectivity index is 1.45. The van der Waals surface area contributed by atoms with Crippen LogP contribution in [-0.2, 0) is 14.8 Å². The summed E-state index contributed by atoms with van der Waals surface area (Å²) in [5, 5.41) is 8.49. The predicted molar refractivity (Wildman–Crippen MR) is 154 cm³/mol. The van der Waals surface area contributed by atoms with Gasteiger partial charge in [0.1, 0.15) is 6.54 Å². The Kier molecular flexibility index (Phi) is 7.13. The molecular weight excluding hydrogens is 518 g/mol. The number of anilines is 1. The van der Waals surface area contributed by atoms with E-state index in [2.05, 4.69) is 16.6 Å². The van der Waals surface area contributed by atoms with Crippen LogP contribution < -0.4 is 9.73 Å². The van der Waals surface area contributed by atoms with Crippen molar-refractivity contribution in [3.05, 3.63) is 119 Å². The summed E-state index contributed by atoms with van der Waals surface area (Å²) in [6.45, 7) is 1.36. The number of sulfonamides is 1. The maximum absolute atomic E-state index is 13.6. The second-order valence-corrected chi connectivity index (χ2v) is 11.1. The zero-order chi connectivity index (χ0) is 26.7. The number of fused-ring (bicyclic) bond motifs is 2. The highest BCUT2D eigenvalue weighted by Crippen LogP contribution is 2.30. The lowest BCUT2D eigenvalue weighted by Crippen LogP contribution is -2.39. The lowest BCUT2D eigenvalue weighted by molar-refractivity contribution is -0.119. The van der Waals surface area contributed by atoms with E-state index in [1.54, 1.807) is 42.6 Å². The van der Waals surface area contributed by atoms with Gasteiger partial charge in [0.15, 0.2) is 0 Å². The van der Waals surface area contributed by atoms with Crippen LogP contribution >= 0.6 is 11.6 Å². The van der Waals surface area contributed by atoms with Gasteiger partial charge in [-0.05, 0) is 58.8 Å². The molecule has 0 aliphatic rings. The second-order valence-electron chi connectivity index (χ2n) is 8.80. The van der Waals surface area contributed by atoms with Crippen molar-refractivity contribution in [2.45, 2.75) is 11.8 Å². The fourth-order valence-electron chi connectivity index (χ4n) is 4.31. The van der Waals surface area contributed by atoms with Crippen molar-refractivity contribution in [3.63, 3.8) is 0 Å². The lowest BCUT2D eigenvalue weighted by Gasteiger charge is -2.24. The first-order chi connectivity index (χ1) is 18.3. The standard InChI is InChI=1S/C30H24ClN3O3S/c1-21-14-16-24(17-15-21)38(36,37)34(29-13-7-6-12-28(29)31)20-30(35)33-32-19-27-25-10-4-2-8-22(25)18-23-9-3-5-11-26(23)27/h2-19H,20H2,1H3,(H,33,35). The maximum atomic E-state index is 13.6. The number of carbonyl (C=O) groups is 1. The zero-order valence-electron chi connectivity index (χ0n) is 20.5. The number of aryl methyl sites for hydroxylation is 1. The minimum Gasteiger partial charge on any atom is -0.271 e. The Labute approximate surface area is 226 Å². The molecule has 38 heavy (non-hydrogen) atoms. The summed E-state index contributed by atoms with van der Waals surface area (Å²) in [4.78, 5) is 13.1. The van der Waals surface area contributed by atoms with Gasteiger partial charge in [-0.3, -0.25) is 9.10 Å². The molecule has 0 radical (unpaired) electrons. The molecule has 8 heteroatoms. The Morgan fingerprint density at radius 2 is 1.45 bits per heavy atom. The van der Waals surface area contributed by atoms with Crippen molar-refractivity contribution in [2.24, 2.45) is 5.10 Å². The fraction of sp³-hybridized carbons (Fsp3) is 0.0667. The van der Waals surface area contributed by atoms with E-state index in [1.165, 1.54) is 12.1 Å². The normalized spacial score (nSPS) is 11.7. The number of amides is 1. The van der Waals surface area contributed by atoms with E-state index in [1.807, 2.05) is 55.5 Å². The lowest BCUT2D eigenvalue weighted by atomic mass is 9.97. The van der Waals surface area contributed by atoms with Gasteiger partial charge in [0, 0.05) is 5.56 Å². The van der Waals surface area contributed by atoms with Gasteiger partial charge in [-0.2, -0.15) is 5.10 Å². The minimum absolute atomic E-state index is 0.0570. The van der Waals surface area contributed by atoms with Crippen LogP contribution in [-0.4, -0.2) is 27.1 Å². The molecule has 0 unspecified atom stereocenters. The third-order valence-corrected chi connectivity index (χ3v) is 8.31. The third kappa shape index (κ3) is 5.11. The molecule has 5 rings (SSSR count). The maximum Gasteiger partial charge on any atom is 0.264 e. The number of carbonyl (C=O) groups excluding carboxylic acids is 1. The average Bonchev–Trinajstić information content (AvgIpc) is 2.92. The summed E-state index contributed by atoms with van der Waals surface area (Å²) in [5.41, 5.74) is 4.47. The molecule has 0 aromatic heterocycles. The van der Waals surface area contributed by atoms with Gasteiger partial charge >= 0.3 is 0 Å². The number of halogens is 1. The third-order valence-electron chi connectivity index (χ3n) is 6.21. The number of para-hydroxylation sites is 1. The van der Waals surface area contributed by atoms with Gasteiger partial charge in [0.25, 0.3) is 15.9 Å². The van der Waals surface area contributed by atoms with Gasteiger partial charge in [-0.1, -0.05) is 90.0 Å². The highest BCUT2D eigenvalue weighted by molar-refractivity contribution is 7.92. The molecule has 0 bridgehead atoms. The number of rotatable bonds is 7. The Morgan fingerprint density at radius 1 is 0.868 bits per heavy atom. The van der Waals surface area contributed by atoms with Gasteiger partial charge in [0.2, 0.25) is 0 Å². The topological polar surface area (TPSA) is 78.8 Å². The molecule has 0 atom stereocenters. The summed E-state index contributed by atoms with van der Waals surface area (Å²) in [7, 11) is -4.09. The molecule has 0 aliphatic carbocycles. The molecule has 1 N–H and O–H groups in total. The van der Waals surface area contributed by atoms with E-state index < -0.39 is 22.5 Å². The van der Waals surface area contributed by atoms with Crippen LogP contribution in [0.2, 0.25) is 5.02 Å². The molecule has 5 aromatic carbocycles. The van der Waals surface area contributed by atoms with Crippen molar-refractivity contribution in [2.75, 3.05) is 10.8 Å². The van der Waals surface area contributed by atoms with Crippen LogP contribution in [0.3, 0.4) is 0 Å². The van der Waals surface area contributed by atoms with Gasteiger partial charge in [0.05, 0.1) is 21.8 Å². The first kappa shape index (κ1) is 25.4. The molecule has 0 spiro atoms. The van der Waals surface area contributed by atoms with Gasteiger partial charge in [-0.15, -0.1) is 0 Å². The molecular formula is C30H24ClN3O3S. The fourth-order valence-corrected chi connectivity index (χ4v) is 6.04. The number of hydrogen-bond acceptors (Lipinski definition) is 4. The van der Waals surface area contributed by atoms with Crippen LogP contribution in [0.1, 0.15) is 11.1 Å². The van der Waals surface area contributed by atoms with Crippen molar-refractivity contribution < 1.29 is 13.2 Å². The summed E-state index contributed by atoms with van der Waals surface area (Å²) >= 11 is 6.35. The van der Waals surface area contributed by atoms with Crippen LogP contribution in [0.4, 0.5) is 5.69 Å². The zero-order valence-corrected chi connectivity index (χ0v) is 22.1. The molecule has 0 saturated heterocycles.